The second-order valence-electron chi connectivity index (χ2n) is 4.76. The molecule has 14 heavy (non-hydrogen) atoms. The van der Waals surface area contributed by atoms with Crippen LogP contribution in [0.1, 0.15) is 27.7 Å². The van der Waals surface area contributed by atoms with Crippen LogP contribution in [0.25, 0.3) is 0 Å². The van der Waals surface area contributed by atoms with Crippen molar-refractivity contribution in [1.82, 2.24) is 4.90 Å². The van der Waals surface area contributed by atoms with E-state index in [9.17, 15) is 5.11 Å². The normalized spacial score (nSPS) is 32.1. The highest BCUT2D eigenvalue weighted by Gasteiger charge is 2.25. The maximum absolute atomic E-state index is 9.80. The van der Waals surface area contributed by atoms with E-state index < -0.39 is 0 Å². The van der Waals surface area contributed by atoms with Crippen molar-refractivity contribution in [3.05, 3.63) is 0 Å². The Morgan fingerprint density at radius 1 is 1.43 bits per heavy atom. The molecule has 1 rings (SSSR count). The van der Waals surface area contributed by atoms with Crippen LogP contribution in [0, 0.1) is 5.92 Å². The largest absolute Gasteiger partial charge is 0.392 e. The van der Waals surface area contributed by atoms with Crippen LogP contribution in [0.2, 0.25) is 0 Å². The molecular formula is C11H23NO2. The topological polar surface area (TPSA) is 32.7 Å². The van der Waals surface area contributed by atoms with E-state index in [-0.39, 0.29) is 6.10 Å². The van der Waals surface area contributed by atoms with Gasteiger partial charge in [-0.3, -0.25) is 4.90 Å². The fourth-order valence-corrected chi connectivity index (χ4v) is 1.68. The quantitative estimate of drug-likeness (QED) is 0.742. The minimum atomic E-state index is -0.220. The zero-order valence-corrected chi connectivity index (χ0v) is 9.73. The third kappa shape index (κ3) is 3.23. The number of morpholine rings is 1. The average Bonchev–Trinajstić information content (AvgIpc) is 2.11. The summed E-state index contributed by atoms with van der Waals surface area (Å²) in [4.78, 5) is 2.32. The van der Waals surface area contributed by atoms with E-state index in [1.165, 1.54) is 0 Å². The Bertz CT molecular complexity index is 173. The molecular weight excluding hydrogens is 178 g/mol. The number of ether oxygens (including phenoxy) is 1. The van der Waals surface area contributed by atoms with Gasteiger partial charge < -0.3 is 9.84 Å². The molecule has 1 fully saturated rings. The molecule has 0 aromatic heterocycles. The molecule has 3 heteroatoms. The summed E-state index contributed by atoms with van der Waals surface area (Å²) in [6.45, 7) is 10.8. The predicted octanol–water partition coefficient (Wildman–Crippen LogP) is 1.11. The molecule has 0 aromatic carbocycles. The lowest BCUT2D eigenvalue weighted by Crippen LogP contribution is -2.50. The molecule has 1 saturated heterocycles. The van der Waals surface area contributed by atoms with Crippen LogP contribution in [0.5, 0.6) is 0 Å². The molecule has 3 nitrogen and oxygen atoms in total. The van der Waals surface area contributed by atoms with Crippen LogP contribution in [-0.4, -0.2) is 48.0 Å². The lowest BCUT2D eigenvalue weighted by atomic mass is 10.1. The van der Waals surface area contributed by atoms with Gasteiger partial charge in [0.05, 0.1) is 18.8 Å². The number of β-amino-alcohol motifs (C(OH)–C–C–N with tert-alkyl or cyclic N) is 1. The molecule has 0 saturated carbocycles. The summed E-state index contributed by atoms with van der Waals surface area (Å²) >= 11 is 0. The fourth-order valence-electron chi connectivity index (χ4n) is 1.68. The number of nitrogens with zero attached hydrogens (tertiary/aromatic N) is 1. The summed E-state index contributed by atoms with van der Waals surface area (Å²) < 4.78 is 5.54. The molecule has 0 aromatic rings. The molecule has 1 aliphatic heterocycles. The number of rotatable bonds is 3. The van der Waals surface area contributed by atoms with E-state index in [1.54, 1.807) is 0 Å². The standard InChI is InChI=1S/C11H23NO2/c1-8(2)11(13)6-12-5-10(4)14-7-9(12)3/h8-11,13H,5-7H2,1-4H3. The first-order valence-corrected chi connectivity index (χ1v) is 5.54. The molecule has 0 aliphatic carbocycles. The summed E-state index contributed by atoms with van der Waals surface area (Å²) in [7, 11) is 0. The summed E-state index contributed by atoms with van der Waals surface area (Å²) in [6.07, 6.45) is 0.0771. The average molecular weight is 201 g/mol. The molecule has 0 bridgehead atoms. The lowest BCUT2D eigenvalue weighted by molar-refractivity contribution is -0.0657. The fraction of sp³-hybridized carbons (Fsp3) is 1.00. The van der Waals surface area contributed by atoms with Crippen molar-refractivity contribution in [2.24, 2.45) is 5.92 Å². The summed E-state index contributed by atoms with van der Waals surface area (Å²) in [5.41, 5.74) is 0. The first kappa shape index (κ1) is 12.0. The molecule has 1 N–H and O–H groups in total. The second-order valence-corrected chi connectivity index (χ2v) is 4.76. The third-order valence-corrected chi connectivity index (χ3v) is 2.93. The molecule has 0 radical (unpaired) electrons. The lowest BCUT2D eigenvalue weighted by Gasteiger charge is -2.38. The smallest absolute Gasteiger partial charge is 0.0690 e. The maximum Gasteiger partial charge on any atom is 0.0690 e. The Morgan fingerprint density at radius 2 is 2.07 bits per heavy atom. The Morgan fingerprint density at radius 3 is 2.64 bits per heavy atom. The van der Waals surface area contributed by atoms with Crippen molar-refractivity contribution in [3.63, 3.8) is 0 Å². The highest BCUT2D eigenvalue weighted by atomic mass is 16.5. The van der Waals surface area contributed by atoms with Gasteiger partial charge in [-0.1, -0.05) is 13.8 Å². The van der Waals surface area contributed by atoms with E-state index in [1.807, 2.05) is 0 Å². The first-order chi connectivity index (χ1) is 6.50. The van der Waals surface area contributed by atoms with Gasteiger partial charge in [-0.15, -0.1) is 0 Å². The maximum atomic E-state index is 9.80. The van der Waals surface area contributed by atoms with E-state index in [0.29, 0.717) is 18.1 Å². The molecule has 3 atom stereocenters. The highest BCUT2D eigenvalue weighted by molar-refractivity contribution is 4.78. The van der Waals surface area contributed by atoms with Gasteiger partial charge in [-0.05, 0) is 19.8 Å². The van der Waals surface area contributed by atoms with Gasteiger partial charge in [0, 0.05) is 19.1 Å². The van der Waals surface area contributed by atoms with Crippen molar-refractivity contribution in [2.45, 2.75) is 45.9 Å². The molecule has 0 amide bonds. The van der Waals surface area contributed by atoms with Crippen LogP contribution < -0.4 is 0 Å². The van der Waals surface area contributed by atoms with Crippen LogP contribution in [0.15, 0.2) is 0 Å². The van der Waals surface area contributed by atoms with Gasteiger partial charge in [0.15, 0.2) is 0 Å². The van der Waals surface area contributed by atoms with Gasteiger partial charge in [0.25, 0.3) is 0 Å². The van der Waals surface area contributed by atoms with Crippen LogP contribution in [0.4, 0.5) is 0 Å². The molecule has 1 aliphatic rings. The van der Waals surface area contributed by atoms with E-state index >= 15 is 0 Å². The first-order valence-electron chi connectivity index (χ1n) is 5.54. The SMILES string of the molecule is CC1CN(CC(O)C(C)C)C(C)CO1. The molecule has 0 spiro atoms. The Balaban J connectivity index is 2.41. The minimum absolute atomic E-state index is 0.220. The van der Waals surface area contributed by atoms with Crippen LogP contribution in [0.3, 0.4) is 0 Å². The van der Waals surface area contributed by atoms with Crippen LogP contribution >= 0.6 is 0 Å². The molecule has 1 heterocycles. The van der Waals surface area contributed by atoms with Crippen molar-refractivity contribution in [1.29, 1.82) is 0 Å². The summed E-state index contributed by atoms with van der Waals surface area (Å²) in [5.74, 6) is 0.334. The minimum Gasteiger partial charge on any atom is -0.392 e. The zero-order chi connectivity index (χ0) is 10.7. The monoisotopic (exact) mass is 201 g/mol. The van der Waals surface area contributed by atoms with Gasteiger partial charge in [-0.25, -0.2) is 0 Å². The molecule has 84 valence electrons. The van der Waals surface area contributed by atoms with Gasteiger partial charge in [-0.2, -0.15) is 0 Å². The highest BCUT2D eigenvalue weighted by Crippen LogP contribution is 2.13. The zero-order valence-electron chi connectivity index (χ0n) is 9.73. The van der Waals surface area contributed by atoms with Crippen LogP contribution in [-0.2, 0) is 4.74 Å². The second kappa shape index (κ2) is 5.10. The van der Waals surface area contributed by atoms with Gasteiger partial charge in [0.2, 0.25) is 0 Å². The van der Waals surface area contributed by atoms with Crippen molar-refractivity contribution < 1.29 is 9.84 Å². The van der Waals surface area contributed by atoms with Gasteiger partial charge in [0.1, 0.15) is 0 Å². The van der Waals surface area contributed by atoms with Gasteiger partial charge >= 0.3 is 0 Å². The number of aliphatic hydroxyl groups is 1. The van der Waals surface area contributed by atoms with E-state index in [0.717, 1.165) is 19.7 Å². The van der Waals surface area contributed by atoms with Crippen molar-refractivity contribution in [3.8, 4) is 0 Å². The van der Waals surface area contributed by atoms with E-state index in [4.69, 9.17) is 4.74 Å². The Labute approximate surface area is 87.1 Å². The number of hydrogen-bond acceptors (Lipinski definition) is 3. The molecule has 3 unspecified atom stereocenters. The Hall–Kier alpha value is -0.120. The number of aliphatic hydroxyl groups excluding tert-OH is 1. The summed E-state index contributed by atoms with van der Waals surface area (Å²) in [6, 6.07) is 0.430. The predicted molar refractivity (Wildman–Crippen MR) is 57.3 cm³/mol. The number of hydrogen-bond donors (Lipinski definition) is 1. The third-order valence-electron chi connectivity index (χ3n) is 2.93. The van der Waals surface area contributed by atoms with Crippen molar-refractivity contribution in [2.75, 3.05) is 19.7 Å². The van der Waals surface area contributed by atoms with E-state index in [2.05, 4.69) is 32.6 Å². The Kier molecular flexibility index (Phi) is 4.35. The van der Waals surface area contributed by atoms with Crippen molar-refractivity contribution >= 4 is 0 Å². The summed E-state index contributed by atoms with van der Waals surface area (Å²) in [5, 5.41) is 9.80.